The molecule has 0 spiro atoms. The maximum atomic E-state index is 11.8. The summed E-state index contributed by atoms with van der Waals surface area (Å²) in [6.45, 7) is 1.50. The van der Waals surface area contributed by atoms with Crippen molar-refractivity contribution < 1.29 is 14.8 Å². The van der Waals surface area contributed by atoms with Gasteiger partial charge in [0.05, 0.1) is 15.1 Å². The van der Waals surface area contributed by atoms with Crippen LogP contribution in [0.1, 0.15) is 23.0 Å². The smallest absolute Gasteiger partial charge is 0.289 e. The molecule has 0 saturated heterocycles. The summed E-state index contributed by atoms with van der Waals surface area (Å²) in [7, 11) is 0. The van der Waals surface area contributed by atoms with Gasteiger partial charge < -0.3 is 5.11 Å². The molecule has 118 valence electrons. The van der Waals surface area contributed by atoms with E-state index in [1.165, 1.54) is 31.3 Å². The number of hydrogen-bond donors (Lipinski definition) is 2. The third-order valence-electron chi connectivity index (χ3n) is 2.87. The highest BCUT2D eigenvalue weighted by molar-refractivity contribution is 9.10. The average Bonchev–Trinajstić information content (AvgIpc) is 2.55. The lowest BCUT2D eigenvalue weighted by Crippen LogP contribution is -2.20. The molecule has 0 fully saturated rings. The number of aromatic hydroxyl groups is 1. The zero-order chi connectivity index (χ0) is 17.0. The fourth-order valence-corrected chi connectivity index (χ4v) is 2.16. The first kappa shape index (κ1) is 16.6. The van der Waals surface area contributed by atoms with Crippen molar-refractivity contribution in [3.8, 4) is 5.75 Å². The molecule has 0 radical (unpaired) electrons. The van der Waals surface area contributed by atoms with Crippen molar-refractivity contribution in [3.63, 3.8) is 0 Å². The molecule has 0 unspecified atom stereocenters. The number of nitrogens with one attached hydrogen (secondary N) is 1. The van der Waals surface area contributed by atoms with Gasteiger partial charge >= 0.3 is 0 Å². The largest absolute Gasteiger partial charge is 0.506 e. The molecule has 2 N–H and O–H groups in total. The lowest BCUT2D eigenvalue weighted by Gasteiger charge is -2.07. The number of phenols is 1. The number of nitrogens with zero attached hydrogens (tertiary/aromatic N) is 3. The molecule has 0 atom stereocenters. The average molecular weight is 379 g/mol. The van der Waals surface area contributed by atoms with Crippen LogP contribution in [-0.4, -0.2) is 26.6 Å². The van der Waals surface area contributed by atoms with Crippen molar-refractivity contribution in [2.45, 2.75) is 6.92 Å². The Kier molecular flexibility index (Phi) is 5.02. The van der Waals surface area contributed by atoms with Crippen LogP contribution >= 0.6 is 15.9 Å². The number of hydrazone groups is 1. The molecule has 9 heteroatoms. The summed E-state index contributed by atoms with van der Waals surface area (Å²) in [5.74, 6) is -0.738. The maximum absolute atomic E-state index is 11.8. The summed E-state index contributed by atoms with van der Waals surface area (Å²) in [6, 6.07) is 7.19. The lowest BCUT2D eigenvalue weighted by molar-refractivity contribution is -0.385. The van der Waals surface area contributed by atoms with Crippen molar-refractivity contribution in [2.24, 2.45) is 5.10 Å². The number of amides is 1. The second-order valence-corrected chi connectivity index (χ2v) is 5.29. The monoisotopic (exact) mass is 378 g/mol. The van der Waals surface area contributed by atoms with Crippen molar-refractivity contribution in [1.29, 1.82) is 0 Å². The molecule has 0 aliphatic carbocycles. The van der Waals surface area contributed by atoms with Gasteiger partial charge in [0.25, 0.3) is 11.6 Å². The van der Waals surface area contributed by atoms with E-state index in [9.17, 15) is 20.0 Å². The second-order valence-electron chi connectivity index (χ2n) is 4.43. The molecule has 1 heterocycles. The highest BCUT2D eigenvalue weighted by Crippen LogP contribution is 2.32. The first-order chi connectivity index (χ1) is 10.9. The Morgan fingerprint density at radius 1 is 1.43 bits per heavy atom. The highest BCUT2D eigenvalue weighted by atomic mass is 79.9. The molecule has 2 rings (SSSR count). The minimum atomic E-state index is -0.590. The molecular weight excluding hydrogens is 368 g/mol. The molecule has 1 aromatic heterocycles. The SMILES string of the molecule is C/C(=N\NC(=O)c1ccccn1)c1cc([N+](=O)[O-])cc(Br)c1O. The van der Waals surface area contributed by atoms with E-state index >= 15 is 0 Å². The van der Waals surface area contributed by atoms with Gasteiger partial charge in [0, 0.05) is 23.9 Å². The Morgan fingerprint density at radius 2 is 2.17 bits per heavy atom. The zero-order valence-corrected chi connectivity index (χ0v) is 13.4. The number of rotatable bonds is 4. The molecule has 0 aliphatic rings. The summed E-state index contributed by atoms with van der Waals surface area (Å²) in [4.78, 5) is 26.0. The Labute approximate surface area is 139 Å². The van der Waals surface area contributed by atoms with Gasteiger partial charge in [0.2, 0.25) is 0 Å². The Bertz CT molecular complexity index is 793. The molecule has 8 nitrogen and oxygen atoms in total. The Morgan fingerprint density at radius 3 is 2.78 bits per heavy atom. The van der Waals surface area contributed by atoms with Crippen LogP contribution in [0.3, 0.4) is 0 Å². The van der Waals surface area contributed by atoms with Crippen LogP contribution in [0.4, 0.5) is 5.69 Å². The van der Waals surface area contributed by atoms with E-state index in [-0.39, 0.29) is 32.9 Å². The van der Waals surface area contributed by atoms with Gasteiger partial charge in [0.1, 0.15) is 11.4 Å². The van der Waals surface area contributed by atoms with Gasteiger partial charge in [-0.1, -0.05) is 6.07 Å². The Balaban J connectivity index is 2.28. The fraction of sp³-hybridized carbons (Fsp3) is 0.0714. The van der Waals surface area contributed by atoms with E-state index in [4.69, 9.17) is 0 Å². The standard InChI is InChI=1S/C14H11BrN4O4/c1-8(17-18-14(21)12-4-2-3-5-16-12)10-6-9(19(22)23)7-11(15)13(10)20/h2-7,20H,1H3,(H,18,21)/b17-8+. The van der Waals surface area contributed by atoms with Gasteiger partial charge in [-0.15, -0.1) is 0 Å². The molecular formula is C14H11BrN4O4. The number of halogens is 1. The fourth-order valence-electron chi connectivity index (χ4n) is 1.72. The van der Waals surface area contributed by atoms with Crippen molar-refractivity contribution >= 4 is 33.2 Å². The minimum absolute atomic E-state index is 0.132. The molecule has 0 aliphatic heterocycles. The highest BCUT2D eigenvalue weighted by Gasteiger charge is 2.17. The number of pyridine rings is 1. The molecule has 0 saturated carbocycles. The number of carbonyl (C=O) groups is 1. The van der Waals surface area contributed by atoms with E-state index < -0.39 is 10.8 Å². The summed E-state index contributed by atoms with van der Waals surface area (Å²) >= 11 is 3.04. The molecule has 1 aromatic carbocycles. The van der Waals surface area contributed by atoms with Crippen LogP contribution < -0.4 is 5.43 Å². The summed E-state index contributed by atoms with van der Waals surface area (Å²) in [5.41, 5.74) is 2.58. The molecule has 1 amide bonds. The molecule has 23 heavy (non-hydrogen) atoms. The van der Waals surface area contributed by atoms with E-state index in [2.05, 4.69) is 31.4 Å². The second kappa shape index (κ2) is 6.97. The normalized spacial score (nSPS) is 11.1. The summed E-state index contributed by atoms with van der Waals surface area (Å²) in [6.07, 6.45) is 1.47. The minimum Gasteiger partial charge on any atom is -0.506 e. The number of nitro groups is 1. The van der Waals surface area contributed by atoms with Gasteiger partial charge in [-0.2, -0.15) is 5.10 Å². The molecule has 0 bridgehead atoms. The number of phenolic OH excluding ortho intramolecular Hbond substituents is 1. The van der Waals surface area contributed by atoms with Crippen LogP contribution in [0.25, 0.3) is 0 Å². The predicted octanol–water partition coefficient (Wildman–Crippen LogP) is 2.61. The third kappa shape index (κ3) is 3.89. The van der Waals surface area contributed by atoms with Crippen LogP contribution in [0.15, 0.2) is 46.1 Å². The third-order valence-corrected chi connectivity index (χ3v) is 3.48. The van der Waals surface area contributed by atoms with E-state index in [0.29, 0.717) is 0 Å². The first-order valence-corrected chi connectivity index (χ1v) is 7.12. The molecule has 2 aromatic rings. The quantitative estimate of drug-likeness (QED) is 0.481. The summed E-state index contributed by atoms with van der Waals surface area (Å²) < 4.78 is 0.160. The van der Waals surface area contributed by atoms with Gasteiger partial charge in [-0.3, -0.25) is 19.9 Å². The zero-order valence-electron chi connectivity index (χ0n) is 11.9. The van der Waals surface area contributed by atoms with Crippen LogP contribution in [-0.2, 0) is 0 Å². The number of aromatic nitrogens is 1. The number of nitro benzene ring substituents is 1. The predicted molar refractivity (Wildman–Crippen MR) is 86.4 cm³/mol. The van der Waals surface area contributed by atoms with Crippen LogP contribution in [0, 0.1) is 10.1 Å². The number of hydrogen-bond acceptors (Lipinski definition) is 6. The topological polar surface area (TPSA) is 118 Å². The Hall–Kier alpha value is -2.81. The van der Waals surface area contributed by atoms with Crippen molar-refractivity contribution in [2.75, 3.05) is 0 Å². The van der Waals surface area contributed by atoms with Crippen molar-refractivity contribution in [3.05, 3.63) is 62.4 Å². The number of benzene rings is 1. The maximum Gasteiger partial charge on any atom is 0.289 e. The number of carbonyl (C=O) groups excluding carboxylic acids is 1. The lowest BCUT2D eigenvalue weighted by atomic mass is 10.1. The van der Waals surface area contributed by atoms with Gasteiger partial charge in [0.15, 0.2) is 0 Å². The summed E-state index contributed by atoms with van der Waals surface area (Å²) in [5, 5.41) is 24.7. The van der Waals surface area contributed by atoms with Crippen molar-refractivity contribution in [1.82, 2.24) is 10.4 Å². The number of non-ortho nitro benzene ring substituents is 1. The first-order valence-electron chi connectivity index (χ1n) is 6.33. The van der Waals surface area contributed by atoms with E-state index in [1.54, 1.807) is 12.1 Å². The van der Waals surface area contributed by atoms with Crippen LogP contribution in [0.5, 0.6) is 5.75 Å². The van der Waals surface area contributed by atoms with E-state index in [0.717, 1.165) is 0 Å². The van der Waals surface area contributed by atoms with Gasteiger partial charge in [-0.25, -0.2) is 5.43 Å². The van der Waals surface area contributed by atoms with E-state index in [1.807, 2.05) is 0 Å². The van der Waals surface area contributed by atoms with Crippen LogP contribution in [0.2, 0.25) is 0 Å². The van der Waals surface area contributed by atoms with Gasteiger partial charge in [-0.05, 0) is 35.0 Å².